The van der Waals surface area contributed by atoms with Gasteiger partial charge in [0.15, 0.2) is 0 Å². The van der Waals surface area contributed by atoms with E-state index in [9.17, 15) is 4.79 Å². The first-order valence-electron chi connectivity index (χ1n) is 4.97. The molecule has 0 aliphatic heterocycles. The molecule has 2 N–H and O–H groups in total. The number of nitrogens with zero attached hydrogens (tertiary/aromatic N) is 2. The van der Waals surface area contributed by atoms with E-state index in [4.69, 9.17) is 10.5 Å². The molecule has 0 spiro atoms. The van der Waals surface area contributed by atoms with Crippen molar-refractivity contribution in [2.24, 2.45) is 0 Å². The molecule has 0 saturated heterocycles. The normalized spacial score (nSPS) is 10.2. The predicted octanol–water partition coefficient (Wildman–Crippen LogP) is 1.32. The maximum absolute atomic E-state index is 11.6. The molecule has 2 rings (SSSR count). The fourth-order valence-electron chi connectivity index (χ4n) is 1.26. The Kier molecular flexibility index (Phi) is 3.04. The van der Waals surface area contributed by atoms with Crippen molar-refractivity contribution in [1.29, 1.82) is 0 Å². The zero-order chi connectivity index (χ0) is 12.3. The molecule has 1 aromatic heterocycles. The van der Waals surface area contributed by atoms with Crippen molar-refractivity contribution in [2.45, 2.75) is 13.5 Å². The molecule has 0 bridgehead atoms. The van der Waals surface area contributed by atoms with Crippen LogP contribution in [0.25, 0.3) is 0 Å². The van der Waals surface area contributed by atoms with Crippen molar-refractivity contribution in [3.63, 3.8) is 0 Å². The summed E-state index contributed by atoms with van der Waals surface area (Å²) in [4.78, 5) is 11.6. The summed E-state index contributed by atoms with van der Waals surface area (Å²) >= 11 is 0. The van der Waals surface area contributed by atoms with Crippen LogP contribution in [-0.2, 0) is 11.3 Å². The number of carbonyl (C=O) groups excluding carboxylic acids is 1. The number of nitrogens with two attached hydrogens (primary N) is 1. The number of nitrogen functional groups attached to an aromatic ring is 1. The van der Waals surface area contributed by atoms with E-state index in [1.54, 1.807) is 31.2 Å². The summed E-state index contributed by atoms with van der Waals surface area (Å²) in [5.74, 6) is -0.459. The Morgan fingerprint density at radius 2 is 2.29 bits per heavy atom. The number of anilines is 1. The van der Waals surface area contributed by atoms with Gasteiger partial charge in [0.1, 0.15) is 18.0 Å². The molecule has 6 nitrogen and oxygen atoms in total. The van der Waals surface area contributed by atoms with E-state index >= 15 is 0 Å². The van der Waals surface area contributed by atoms with Gasteiger partial charge in [-0.15, -0.1) is 0 Å². The Hall–Kier alpha value is -2.37. The standard InChI is InChI=1S/C11H11N3O3/c1-7-10(14-17-13-7)6-16-11(15)8-3-2-4-9(12)5-8/h2-5H,6,12H2,1H3. The third-order valence-corrected chi connectivity index (χ3v) is 2.21. The molecule has 88 valence electrons. The highest BCUT2D eigenvalue weighted by Crippen LogP contribution is 2.10. The molecule has 0 atom stereocenters. The Balaban J connectivity index is 2.01. The van der Waals surface area contributed by atoms with Gasteiger partial charge in [0.2, 0.25) is 0 Å². The number of carbonyl (C=O) groups is 1. The first-order chi connectivity index (χ1) is 8.16. The molecule has 0 aliphatic rings. The summed E-state index contributed by atoms with van der Waals surface area (Å²) in [7, 11) is 0. The van der Waals surface area contributed by atoms with Gasteiger partial charge in [-0.3, -0.25) is 0 Å². The van der Waals surface area contributed by atoms with E-state index in [1.807, 2.05) is 0 Å². The van der Waals surface area contributed by atoms with Gasteiger partial charge in [0, 0.05) is 5.69 Å². The van der Waals surface area contributed by atoms with Gasteiger partial charge in [-0.25, -0.2) is 9.42 Å². The van der Waals surface area contributed by atoms with Crippen LogP contribution in [0, 0.1) is 6.92 Å². The minimum absolute atomic E-state index is 0.0307. The fraction of sp³-hybridized carbons (Fsp3) is 0.182. The third kappa shape index (κ3) is 2.60. The highest BCUT2D eigenvalue weighted by Gasteiger charge is 2.11. The van der Waals surface area contributed by atoms with E-state index in [0.29, 0.717) is 22.6 Å². The summed E-state index contributed by atoms with van der Waals surface area (Å²) in [6.45, 7) is 1.75. The summed E-state index contributed by atoms with van der Waals surface area (Å²) in [6.07, 6.45) is 0. The molecule has 17 heavy (non-hydrogen) atoms. The zero-order valence-corrected chi connectivity index (χ0v) is 9.21. The Morgan fingerprint density at radius 1 is 1.47 bits per heavy atom. The van der Waals surface area contributed by atoms with Gasteiger partial charge in [-0.05, 0) is 25.1 Å². The first kappa shape index (κ1) is 11.1. The average molecular weight is 233 g/mol. The molecule has 0 aliphatic carbocycles. The van der Waals surface area contributed by atoms with Crippen LogP contribution in [0.2, 0.25) is 0 Å². The van der Waals surface area contributed by atoms with Crippen molar-refractivity contribution in [3.05, 3.63) is 41.2 Å². The molecule has 1 heterocycles. The van der Waals surface area contributed by atoms with Crippen LogP contribution in [-0.4, -0.2) is 16.3 Å². The summed E-state index contributed by atoms with van der Waals surface area (Å²) in [5.41, 5.74) is 7.59. The number of benzene rings is 1. The number of ether oxygens (including phenoxy) is 1. The molecule has 0 unspecified atom stereocenters. The molecule has 0 radical (unpaired) electrons. The molecular weight excluding hydrogens is 222 g/mol. The summed E-state index contributed by atoms with van der Waals surface area (Å²) in [6, 6.07) is 6.57. The quantitative estimate of drug-likeness (QED) is 0.635. The van der Waals surface area contributed by atoms with Crippen LogP contribution in [0.15, 0.2) is 28.9 Å². The van der Waals surface area contributed by atoms with Crippen molar-refractivity contribution in [2.75, 3.05) is 5.73 Å². The second-order valence-corrected chi connectivity index (χ2v) is 3.50. The van der Waals surface area contributed by atoms with E-state index in [2.05, 4.69) is 14.9 Å². The van der Waals surface area contributed by atoms with Crippen LogP contribution < -0.4 is 5.73 Å². The van der Waals surface area contributed by atoms with E-state index in [0.717, 1.165) is 0 Å². The van der Waals surface area contributed by atoms with Crippen LogP contribution in [0.5, 0.6) is 0 Å². The third-order valence-electron chi connectivity index (χ3n) is 2.21. The number of rotatable bonds is 3. The van der Waals surface area contributed by atoms with Crippen molar-refractivity contribution in [1.82, 2.24) is 10.3 Å². The first-order valence-corrected chi connectivity index (χ1v) is 4.97. The highest BCUT2D eigenvalue weighted by molar-refractivity contribution is 5.90. The van der Waals surface area contributed by atoms with E-state index in [1.165, 1.54) is 0 Å². The fourth-order valence-corrected chi connectivity index (χ4v) is 1.26. The second-order valence-electron chi connectivity index (χ2n) is 3.50. The van der Waals surface area contributed by atoms with Crippen LogP contribution >= 0.6 is 0 Å². The Labute approximate surface area is 97.3 Å². The van der Waals surface area contributed by atoms with Gasteiger partial charge in [0.05, 0.1) is 5.56 Å². The number of hydrogen-bond acceptors (Lipinski definition) is 6. The average Bonchev–Trinajstić information content (AvgIpc) is 2.72. The lowest BCUT2D eigenvalue weighted by atomic mass is 10.2. The van der Waals surface area contributed by atoms with Crippen LogP contribution in [0.3, 0.4) is 0 Å². The molecular formula is C11H11N3O3. The number of aryl methyl sites for hydroxylation is 1. The lowest BCUT2D eigenvalue weighted by Crippen LogP contribution is -2.06. The Morgan fingerprint density at radius 3 is 2.94 bits per heavy atom. The lowest BCUT2D eigenvalue weighted by molar-refractivity contribution is 0.0463. The van der Waals surface area contributed by atoms with Gasteiger partial charge >= 0.3 is 5.97 Å². The zero-order valence-electron chi connectivity index (χ0n) is 9.21. The smallest absolute Gasteiger partial charge is 0.338 e. The number of hydrogen-bond donors (Lipinski definition) is 1. The predicted molar refractivity (Wildman–Crippen MR) is 59.0 cm³/mol. The van der Waals surface area contributed by atoms with Gasteiger partial charge < -0.3 is 10.5 Å². The molecule has 0 amide bonds. The summed E-state index contributed by atoms with van der Waals surface area (Å²) < 4.78 is 9.54. The van der Waals surface area contributed by atoms with Gasteiger partial charge in [0.25, 0.3) is 0 Å². The highest BCUT2D eigenvalue weighted by atomic mass is 16.6. The maximum atomic E-state index is 11.6. The van der Waals surface area contributed by atoms with Crippen molar-refractivity contribution in [3.8, 4) is 0 Å². The molecule has 1 aromatic carbocycles. The van der Waals surface area contributed by atoms with Gasteiger partial charge in [-0.2, -0.15) is 0 Å². The topological polar surface area (TPSA) is 91.2 Å². The van der Waals surface area contributed by atoms with Crippen LogP contribution in [0.4, 0.5) is 5.69 Å². The minimum atomic E-state index is -0.459. The van der Waals surface area contributed by atoms with E-state index < -0.39 is 5.97 Å². The minimum Gasteiger partial charge on any atom is -0.455 e. The SMILES string of the molecule is Cc1nonc1COC(=O)c1cccc(N)c1. The second kappa shape index (κ2) is 4.65. The number of aromatic nitrogens is 2. The molecule has 0 saturated carbocycles. The maximum Gasteiger partial charge on any atom is 0.338 e. The van der Waals surface area contributed by atoms with Crippen molar-refractivity contribution >= 4 is 11.7 Å². The van der Waals surface area contributed by atoms with Gasteiger partial charge in [-0.1, -0.05) is 16.4 Å². The monoisotopic (exact) mass is 233 g/mol. The Bertz CT molecular complexity index is 536. The van der Waals surface area contributed by atoms with E-state index in [-0.39, 0.29) is 6.61 Å². The molecule has 2 aromatic rings. The lowest BCUT2D eigenvalue weighted by Gasteiger charge is -2.03. The largest absolute Gasteiger partial charge is 0.455 e. The van der Waals surface area contributed by atoms with Crippen LogP contribution in [0.1, 0.15) is 21.7 Å². The summed E-state index contributed by atoms with van der Waals surface area (Å²) in [5, 5.41) is 7.19. The molecule has 0 fully saturated rings. The number of esters is 1. The molecule has 6 heteroatoms. The van der Waals surface area contributed by atoms with Crippen molar-refractivity contribution < 1.29 is 14.2 Å².